The number of carbonyl (C=O) groups excluding carboxylic acids is 1. The normalized spacial score (nSPS) is 15.3. The molecule has 0 radical (unpaired) electrons. The second kappa shape index (κ2) is 5.42. The predicted octanol–water partition coefficient (Wildman–Crippen LogP) is 3.41. The Morgan fingerprint density at radius 3 is 2.55 bits per heavy atom. The van der Waals surface area contributed by atoms with E-state index in [1.807, 2.05) is 19.1 Å². The molecule has 3 rings (SSSR count). The Hall–Kier alpha value is -2.40. The van der Waals surface area contributed by atoms with Gasteiger partial charge in [0.2, 0.25) is 11.8 Å². The number of halogens is 1. The minimum atomic E-state index is -0.487. The van der Waals surface area contributed by atoms with Crippen LogP contribution in [0.1, 0.15) is 22.7 Å². The van der Waals surface area contributed by atoms with Crippen molar-refractivity contribution in [2.24, 2.45) is 0 Å². The molecule has 0 amide bonds. The highest BCUT2D eigenvalue weighted by Crippen LogP contribution is 2.45. The van der Waals surface area contributed by atoms with Gasteiger partial charge in [0.05, 0.1) is 13.0 Å². The van der Waals surface area contributed by atoms with Gasteiger partial charge in [-0.25, -0.2) is 14.8 Å². The molecule has 2 aromatic rings. The molecule has 1 unspecified atom stereocenters. The maximum Gasteiger partial charge on any atom is 0.334 e. The number of aromatic nitrogens is 2. The molecule has 1 aliphatic heterocycles. The number of hydrogen-bond acceptors (Lipinski definition) is 5. The summed E-state index contributed by atoms with van der Waals surface area (Å²) in [6.07, 6.45) is 0. The number of ether oxygens (including phenoxy) is 2. The van der Waals surface area contributed by atoms with Crippen molar-refractivity contribution in [3.05, 3.63) is 58.4 Å². The topological polar surface area (TPSA) is 61.3 Å². The molecule has 0 saturated heterocycles. The molecule has 0 aromatic carbocycles. The van der Waals surface area contributed by atoms with Gasteiger partial charge in [-0.1, -0.05) is 24.2 Å². The molecule has 3 heterocycles. The Kier molecular flexibility index (Phi) is 3.58. The summed E-state index contributed by atoms with van der Waals surface area (Å²) in [7, 11) is 1.32. The number of methoxy groups -OCH3 is 1. The number of carbonyl (C=O) groups is 1. The predicted molar refractivity (Wildman–Crippen MR) is 81.3 cm³/mol. The number of rotatable bonds is 2. The average Bonchev–Trinajstić information content (AvgIpc) is 2.50. The summed E-state index contributed by atoms with van der Waals surface area (Å²) in [5.74, 6) is -0.186. The lowest BCUT2D eigenvalue weighted by atomic mass is 9.85. The SMILES string of the molecule is C=C(C(=O)OC)C1c2ccc(C)nc2Oc2nc(Cl)ccc21. The second-order valence-corrected chi connectivity index (χ2v) is 5.31. The van der Waals surface area contributed by atoms with Gasteiger partial charge in [0.1, 0.15) is 5.15 Å². The fourth-order valence-electron chi connectivity index (χ4n) is 2.46. The summed E-state index contributed by atoms with van der Waals surface area (Å²) in [6, 6.07) is 7.14. The third-order valence-corrected chi connectivity index (χ3v) is 3.71. The van der Waals surface area contributed by atoms with E-state index in [9.17, 15) is 4.79 Å². The molecule has 0 spiro atoms. The molecule has 2 aromatic heterocycles. The van der Waals surface area contributed by atoms with Crippen LogP contribution < -0.4 is 4.74 Å². The average molecular weight is 317 g/mol. The van der Waals surface area contributed by atoms with Crippen LogP contribution in [0.3, 0.4) is 0 Å². The van der Waals surface area contributed by atoms with Crippen LogP contribution in [0.5, 0.6) is 11.8 Å². The Morgan fingerprint density at radius 1 is 1.23 bits per heavy atom. The van der Waals surface area contributed by atoms with Gasteiger partial charge in [-0.2, -0.15) is 0 Å². The van der Waals surface area contributed by atoms with E-state index >= 15 is 0 Å². The zero-order valence-corrected chi connectivity index (χ0v) is 12.8. The summed E-state index contributed by atoms with van der Waals surface area (Å²) in [4.78, 5) is 20.5. The zero-order chi connectivity index (χ0) is 15.9. The lowest BCUT2D eigenvalue weighted by molar-refractivity contribution is -0.136. The highest BCUT2D eigenvalue weighted by molar-refractivity contribution is 6.29. The number of esters is 1. The van der Waals surface area contributed by atoms with Crippen LogP contribution in [-0.4, -0.2) is 23.0 Å². The zero-order valence-electron chi connectivity index (χ0n) is 12.1. The maximum absolute atomic E-state index is 11.9. The molecule has 0 aliphatic carbocycles. The van der Waals surface area contributed by atoms with Crippen molar-refractivity contribution in [2.75, 3.05) is 7.11 Å². The largest absolute Gasteiger partial charge is 0.466 e. The van der Waals surface area contributed by atoms with Crippen molar-refractivity contribution < 1.29 is 14.3 Å². The second-order valence-electron chi connectivity index (χ2n) is 4.93. The van der Waals surface area contributed by atoms with Crippen LogP contribution in [-0.2, 0) is 9.53 Å². The molecule has 1 aliphatic rings. The lowest BCUT2D eigenvalue weighted by Crippen LogP contribution is -2.19. The first-order valence-corrected chi connectivity index (χ1v) is 6.98. The van der Waals surface area contributed by atoms with E-state index in [0.717, 1.165) is 11.3 Å². The molecule has 0 saturated carbocycles. The van der Waals surface area contributed by atoms with E-state index in [1.54, 1.807) is 12.1 Å². The minimum Gasteiger partial charge on any atom is -0.466 e. The molecule has 112 valence electrons. The van der Waals surface area contributed by atoms with E-state index in [2.05, 4.69) is 16.5 Å². The maximum atomic E-state index is 11.9. The minimum absolute atomic E-state index is 0.295. The Balaban J connectivity index is 2.20. The first-order chi connectivity index (χ1) is 10.5. The van der Waals surface area contributed by atoms with Crippen LogP contribution in [0.15, 0.2) is 36.4 Å². The van der Waals surface area contributed by atoms with Gasteiger partial charge in [0.15, 0.2) is 0 Å². The summed E-state index contributed by atoms with van der Waals surface area (Å²) >= 11 is 5.93. The fraction of sp³-hybridized carbons (Fsp3) is 0.188. The summed E-state index contributed by atoms with van der Waals surface area (Å²) in [5.41, 5.74) is 2.55. The van der Waals surface area contributed by atoms with Gasteiger partial charge in [0, 0.05) is 22.4 Å². The Morgan fingerprint density at radius 2 is 1.86 bits per heavy atom. The van der Waals surface area contributed by atoms with Crippen molar-refractivity contribution in [3.63, 3.8) is 0 Å². The standard InChI is InChI=1S/C16H13ClN2O3/c1-8-4-5-10-13(9(2)16(20)21-3)11-6-7-12(17)19-15(11)22-14(10)18-8/h4-7,13H,2H2,1,3H3. The molecule has 5 nitrogen and oxygen atoms in total. The van der Waals surface area contributed by atoms with Crippen molar-refractivity contribution in [1.29, 1.82) is 0 Å². The molecular weight excluding hydrogens is 304 g/mol. The van der Waals surface area contributed by atoms with Gasteiger partial charge in [-0.15, -0.1) is 0 Å². The highest BCUT2D eigenvalue weighted by Gasteiger charge is 2.34. The van der Waals surface area contributed by atoms with Crippen LogP contribution >= 0.6 is 11.6 Å². The molecule has 0 N–H and O–H groups in total. The van der Waals surface area contributed by atoms with Crippen LogP contribution in [0, 0.1) is 6.92 Å². The Labute approximate surface area is 132 Å². The van der Waals surface area contributed by atoms with E-state index in [0.29, 0.717) is 28.0 Å². The summed E-state index contributed by atoms with van der Waals surface area (Å²) in [6.45, 7) is 5.73. The van der Waals surface area contributed by atoms with Crippen molar-refractivity contribution in [1.82, 2.24) is 9.97 Å². The Bertz CT molecular complexity index is 737. The van der Waals surface area contributed by atoms with Crippen molar-refractivity contribution >= 4 is 17.6 Å². The van der Waals surface area contributed by atoms with E-state index < -0.39 is 11.9 Å². The highest BCUT2D eigenvalue weighted by atomic mass is 35.5. The van der Waals surface area contributed by atoms with E-state index in [-0.39, 0.29) is 0 Å². The third-order valence-electron chi connectivity index (χ3n) is 3.50. The van der Waals surface area contributed by atoms with Crippen LogP contribution in [0.4, 0.5) is 0 Å². The molecule has 1 atom stereocenters. The van der Waals surface area contributed by atoms with Gasteiger partial charge in [-0.05, 0) is 25.1 Å². The molecular formula is C16H13ClN2O3. The van der Waals surface area contributed by atoms with Crippen LogP contribution in [0.25, 0.3) is 0 Å². The van der Waals surface area contributed by atoms with Gasteiger partial charge in [-0.3, -0.25) is 0 Å². The number of fused-ring (bicyclic) bond motifs is 2. The lowest BCUT2D eigenvalue weighted by Gasteiger charge is -2.27. The molecule has 0 fully saturated rings. The van der Waals surface area contributed by atoms with Gasteiger partial charge >= 0.3 is 5.97 Å². The van der Waals surface area contributed by atoms with Gasteiger partial charge < -0.3 is 9.47 Å². The first kappa shape index (κ1) is 14.5. The first-order valence-electron chi connectivity index (χ1n) is 6.60. The summed E-state index contributed by atoms with van der Waals surface area (Å²) in [5, 5.41) is 0.303. The number of aryl methyl sites for hydroxylation is 1. The number of pyridine rings is 2. The molecule has 6 heteroatoms. The van der Waals surface area contributed by atoms with Crippen molar-refractivity contribution in [2.45, 2.75) is 12.8 Å². The van der Waals surface area contributed by atoms with Gasteiger partial charge in [0.25, 0.3) is 0 Å². The number of hydrogen-bond donors (Lipinski definition) is 0. The van der Waals surface area contributed by atoms with E-state index in [4.69, 9.17) is 21.1 Å². The van der Waals surface area contributed by atoms with Crippen LogP contribution in [0.2, 0.25) is 5.15 Å². The quantitative estimate of drug-likeness (QED) is 0.483. The molecule has 0 bridgehead atoms. The summed E-state index contributed by atoms with van der Waals surface area (Å²) < 4.78 is 10.5. The van der Waals surface area contributed by atoms with Crippen molar-refractivity contribution in [3.8, 4) is 11.8 Å². The smallest absolute Gasteiger partial charge is 0.334 e. The number of nitrogens with zero attached hydrogens (tertiary/aromatic N) is 2. The van der Waals surface area contributed by atoms with E-state index in [1.165, 1.54) is 7.11 Å². The third kappa shape index (κ3) is 2.33. The fourth-order valence-corrected chi connectivity index (χ4v) is 2.60. The molecule has 22 heavy (non-hydrogen) atoms. The monoisotopic (exact) mass is 316 g/mol.